The Bertz CT molecular complexity index is 211. The average Bonchev–Trinajstić information content (AvgIpc) is 2.21. The number of carbonyl (C=O) groups is 1. The fourth-order valence-electron chi connectivity index (χ4n) is 2.30. The number of hydrogen-bond acceptors (Lipinski definition) is 1. The van der Waals surface area contributed by atoms with Crippen LogP contribution in [0.25, 0.3) is 0 Å². The van der Waals surface area contributed by atoms with Crippen molar-refractivity contribution in [3.63, 3.8) is 0 Å². The maximum absolute atomic E-state index is 11.7. The van der Waals surface area contributed by atoms with E-state index in [0.717, 1.165) is 12.8 Å². The summed E-state index contributed by atoms with van der Waals surface area (Å²) < 4.78 is 0.509. The van der Waals surface area contributed by atoms with Crippen molar-refractivity contribution in [2.75, 3.05) is 0 Å². The Morgan fingerprint density at radius 1 is 1.36 bits per heavy atom. The van der Waals surface area contributed by atoms with E-state index in [2.05, 4.69) is 25.5 Å². The van der Waals surface area contributed by atoms with Crippen molar-refractivity contribution in [1.82, 2.24) is 0 Å². The van der Waals surface area contributed by atoms with Gasteiger partial charge in [0.1, 0.15) is 0 Å². The molecular weight excluding hydrogens is 306 g/mol. The Labute approximate surface area is 100 Å². The molecule has 14 heavy (non-hydrogen) atoms. The van der Waals surface area contributed by atoms with E-state index in [1.807, 2.05) is 0 Å². The van der Waals surface area contributed by atoms with Crippen molar-refractivity contribution < 1.29 is 4.79 Å². The third-order valence-corrected chi connectivity index (χ3v) is 11.8. The molecule has 1 nitrogen and oxygen atoms in total. The van der Waals surface area contributed by atoms with Gasteiger partial charge in [0, 0.05) is 0 Å². The summed E-state index contributed by atoms with van der Waals surface area (Å²) in [5, 5.41) is 0. The second kappa shape index (κ2) is 5.16. The van der Waals surface area contributed by atoms with E-state index in [1.54, 1.807) is 0 Å². The molecule has 0 unspecified atom stereocenters. The molecule has 0 N–H and O–H groups in total. The molecule has 0 saturated heterocycles. The van der Waals surface area contributed by atoms with Gasteiger partial charge in [-0.1, -0.05) is 0 Å². The molecule has 0 aromatic heterocycles. The number of hydrogen-bond donors (Lipinski definition) is 0. The van der Waals surface area contributed by atoms with Crippen LogP contribution < -0.4 is 0 Å². The molecule has 1 aliphatic carbocycles. The topological polar surface area (TPSA) is 17.1 Å². The third-order valence-electron chi connectivity index (χ3n) is 3.53. The minimum absolute atomic E-state index is 0.331. The zero-order valence-corrected chi connectivity index (χ0v) is 12.9. The number of ketones is 1. The van der Waals surface area contributed by atoms with E-state index in [0.29, 0.717) is 50.7 Å². The molecule has 2 atom stereocenters. The number of rotatable bonds is 3. The summed E-state index contributed by atoms with van der Waals surface area (Å²) in [5.41, 5.74) is 0. The first-order valence-corrected chi connectivity index (χ1v) is 10.3. The van der Waals surface area contributed by atoms with Crippen LogP contribution in [0.5, 0.6) is 0 Å². The van der Waals surface area contributed by atoms with Crippen LogP contribution in [0.2, 0.25) is 14.9 Å². The van der Waals surface area contributed by atoms with E-state index in [4.69, 9.17) is 0 Å². The van der Waals surface area contributed by atoms with E-state index in [9.17, 15) is 4.79 Å². The molecule has 0 aromatic carbocycles. The molecule has 0 amide bonds. The predicted octanol–water partition coefficient (Wildman–Crippen LogP) is 2.63. The standard InChI is InChI=1S/C11H20OSe2/c1-8-9(6-5-7-10(8)12)11(2,13-3)14-4/h8-9H,5-7H2,1-4H3/t8-,9+/m0/s1. The van der Waals surface area contributed by atoms with E-state index >= 15 is 0 Å². The van der Waals surface area contributed by atoms with Gasteiger partial charge in [-0.15, -0.1) is 0 Å². The van der Waals surface area contributed by atoms with Crippen LogP contribution in [0.15, 0.2) is 0 Å². The molecule has 1 fully saturated rings. The second-order valence-corrected chi connectivity index (χ2v) is 10.8. The third kappa shape index (κ3) is 2.44. The summed E-state index contributed by atoms with van der Waals surface area (Å²) in [5.74, 6) is 6.20. The van der Waals surface area contributed by atoms with Crippen molar-refractivity contribution in [3.05, 3.63) is 0 Å². The van der Waals surface area contributed by atoms with Gasteiger partial charge in [-0.05, 0) is 0 Å². The van der Waals surface area contributed by atoms with Crippen LogP contribution in [0.4, 0.5) is 0 Å². The minimum atomic E-state index is 0.331. The van der Waals surface area contributed by atoms with Crippen LogP contribution in [-0.2, 0) is 4.79 Å². The van der Waals surface area contributed by atoms with Gasteiger partial charge < -0.3 is 0 Å². The first-order chi connectivity index (χ1) is 6.55. The molecule has 1 rings (SSSR count). The molecule has 3 heteroatoms. The van der Waals surface area contributed by atoms with Gasteiger partial charge in [0.05, 0.1) is 0 Å². The quantitative estimate of drug-likeness (QED) is 0.729. The zero-order chi connectivity index (χ0) is 10.8. The Hall–Kier alpha value is 0.709. The molecule has 0 heterocycles. The summed E-state index contributed by atoms with van der Waals surface area (Å²) in [6, 6.07) is 0. The monoisotopic (exact) mass is 328 g/mol. The summed E-state index contributed by atoms with van der Waals surface area (Å²) >= 11 is 1.36. The van der Waals surface area contributed by atoms with Crippen molar-refractivity contribution in [2.24, 2.45) is 11.8 Å². The summed E-state index contributed by atoms with van der Waals surface area (Å²) in [6.45, 7) is 4.56. The molecule has 1 aliphatic rings. The molecule has 0 aromatic rings. The first kappa shape index (κ1) is 12.8. The molecule has 1 saturated carbocycles. The van der Waals surface area contributed by atoms with Crippen molar-refractivity contribution in [3.8, 4) is 0 Å². The maximum atomic E-state index is 11.7. The fourth-order valence-corrected chi connectivity index (χ4v) is 7.09. The van der Waals surface area contributed by atoms with Crippen LogP contribution in [0.1, 0.15) is 33.1 Å². The second-order valence-electron chi connectivity index (χ2n) is 4.18. The van der Waals surface area contributed by atoms with Gasteiger partial charge in [-0.2, -0.15) is 0 Å². The van der Waals surface area contributed by atoms with Crippen LogP contribution in [0.3, 0.4) is 0 Å². The van der Waals surface area contributed by atoms with E-state index in [-0.39, 0.29) is 0 Å². The molecule has 82 valence electrons. The Kier molecular flexibility index (Phi) is 4.71. The van der Waals surface area contributed by atoms with Crippen LogP contribution in [-0.4, -0.2) is 35.7 Å². The van der Waals surface area contributed by atoms with Gasteiger partial charge >= 0.3 is 100 Å². The fraction of sp³-hybridized carbons (Fsp3) is 0.909. The summed E-state index contributed by atoms with van der Waals surface area (Å²) in [7, 11) is 0. The molecule has 0 bridgehead atoms. The van der Waals surface area contributed by atoms with Gasteiger partial charge in [-0.25, -0.2) is 0 Å². The normalized spacial score (nSPS) is 29.3. The van der Waals surface area contributed by atoms with Crippen molar-refractivity contribution in [1.29, 1.82) is 0 Å². The summed E-state index contributed by atoms with van der Waals surface area (Å²) in [4.78, 5) is 11.7. The average molecular weight is 326 g/mol. The van der Waals surface area contributed by atoms with Crippen LogP contribution >= 0.6 is 0 Å². The Morgan fingerprint density at radius 2 is 1.93 bits per heavy atom. The van der Waals surface area contributed by atoms with Gasteiger partial charge in [0.2, 0.25) is 0 Å². The van der Waals surface area contributed by atoms with Crippen molar-refractivity contribution >= 4 is 35.7 Å². The van der Waals surface area contributed by atoms with Gasteiger partial charge in [0.15, 0.2) is 0 Å². The summed E-state index contributed by atoms with van der Waals surface area (Å²) in [6.07, 6.45) is 3.26. The van der Waals surface area contributed by atoms with E-state index in [1.165, 1.54) is 6.42 Å². The molecular formula is C11H20OSe2. The Morgan fingerprint density at radius 3 is 2.43 bits per heavy atom. The van der Waals surface area contributed by atoms with Crippen LogP contribution in [0, 0.1) is 11.8 Å². The first-order valence-electron chi connectivity index (χ1n) is 5.18. The number of carbonyl (C=O) groups excluding carboxylic acids is 1. The van der Waals surface area contributed by atoms with Gasteiger partial charge in [0.25, 0.3) is 0 Å². The predicted molar refractivity (Wildman–Crippen MR) is 63.1 cm³/mol. The Balaban J connectivity index is 2.79. The SMILES string of the molecule is C[Se]C(C)([Se]C)[C@@H]1CCCC(=O)[C@H]1C. The van der Waals surface area contributed by atoms with Crippen molar-refractivity contribution in [2.45, 2.75) is 48.0 Å². The molecule has 0 aliphatic heterocycles. The molecule has 0 spiro atoms. The van der Waals surface area contributed by atoms with Gasteiger partial charge in [-0.3, -0.25) is 0 Å². The van der Waals surface area contributed by atoms with E-state index < -0.39 is 0 Å². The number of Topliss-reactive ketones (excluding diaryl/α,β-unsaturated/α-hetero) is 1. The zero-order valence-electron chi connectivity index (χ0n) is 9.50. The molecule has 0 radical (unpaired) electrons.